The van der Waals surface area contributed by atoms with Crippen LogP contribution in [-0.4, -0.2) is 18.7 Å². The van der Waals surface area contributed by atoms with E-state index in [1.165, 1.54) is 9.08 Å². The summed E-state index contributed by atoms with van der Waals surface area (Å²) in [7, 11) is 0. The van der Waals surface area contributed by atoms with Crippen molar-refractivity contribution in [3.63, 3.8) is 0 Å². The molecule has 0 unspecified atom stereocenters. The molecule has 6 nitrogen and oxygen atoms in total. The summed E-state index contributed by atoms with van der Waals surface area (Å²) < 4.78 is 4.45. The standard InChI is InChI=1S/C20H19ClN4O2/c1-3-10-23-18(26)16-9-8-15(21)11-17(16)25-19(23)22-24(20(25)27)12-14-7-5-4-6-13(14)2/h4-9,11H,3,10,12H2,1-2H3. The third kappa shape index (κ3) is 2.86. The molecule has 0 aliphatic carbocycles. The molecule has 2 aromatic heterocycles. The zero-order chi connectivity index (χ0) is 19.1. The molecule has 0 aliphatic rings. The van der Waals surface area contributed by atoms with Gasteiger partial charge < -0.3 is 0 Å². The smallest absolute Gasteiger partial charge is 0.276 e. The summed E-state index contributed by atoms with van der Waals surface area (Å²) in [6.45, 7) is 4.81. The first-order chi connectivity index (χ1) is 13.0. The molecule has 0 aliphatic heterocycles. The predicted octanol–water partition coefficient (Wildman–Crippen LogP) is 3.23. The quantitative estimate of drug-likeness (QED) is 0.544. The minimum Gasteiger partial charge on any atom is -0.276 e. The van der Waals surface area contributed by atoms with Gasteiger partial charge in [0.25, 0.3) is 5.56 Å². The van der Waals surface area contributed by atoms with E-state index in [4.69, 9.17) is 11.6 Å². The highest BCUT2D eigenvalue weighted by Crippen LogP contribution is 2.17. The number of rotatable bonds is 4. The molecule has 0 N–H and O–H groups in total. The first-order valence-corrected chi connectivity index (χ1v) is 9.25. The Morgan fingerprint density at radius 2 is 1.89 bits per heavy atom. The second-order valence-electron chi connectivity index (χ2n) is 6.62. The Morgan fingerprint density at radius 1 is 1.11 bits per heavy atom. The molecule has 0 saturated carbocycles. The topological polar surface area (TPSA) is 61.3 Å². The third-order valence-corrected chi connectivity index (χ3v) is 5.00. The fourth-order valence-corrected chi connectivity index (χ4v) is 3.53. The number of hydrogen-bond donors (Lipinski definition) is 0. The lowest BCUT2D eigenvalue weighted by Gasteiger charge is -2.08. The predicted molar refractivity (Wildman–Crippen MR) is 107 cm³/mol. The van der Waals surface area contributed by atoms with Crippen molar-refractivity contribution in [2.45, 2.75) is 33.4 Å². The number of hydrogen-bond acceptors (Lipinski definition) is 3. The number of benzene rings is 2. The van der Waals surface area contributed by atoms with Crippen LogP contribution < -0.4 is 11.2 Å². The van der Waals surface area contributed by atoms with Crippen LogP contribution in [0.15, 0.2) is 52.1 Å². The van der Waals surface area contributed by atoms with E-state index < -0.39 is 0 Å². The largest absolute Gasteiger partial charge is 0.352 e. The van der Waals surface area contributed by atoms with Crippen LogP contribution in [0.3, 0.4) is 0 Å². The van der Waals surface area contributed by atoms with Gasteiger partial charge in [-0.05, 0) is 42.7 Å². The highest BCUT2D eigenvalue weighted by molar-refractivity contribution is 6.31. The van der Waals surface area contributed by atoms with Gasteiger partial charge in [0.05, 0.1) is 17.4 Å². The molecular formula is C20H19ClN4O2. The first-order valence-electron chi connectivity index (χ1n) is 8.87. The van der Waals surface area contributed by atoms with Gasteiger partial charge in [-0.15, -0.1) is 5.10 Å². The summed E-state index contributed by atoms with van der Waals surface area (Å²) in [4.78, 5) is 26.1. The van der Waals surface area contributed by atoms with E-state index in [9.17, 15) is 9.59 Å². The lowest BCUT2D eigenvalue weighted by atomic mass is 10.1. The van der Waals surface area contributed by atoms with Crippen molar-refractivity contribution in [1.82, 2.24) is 18.7 Å². The summed E-state index contributed by atoms with van der Waals surface area (Å²) in [5, 5.41) is 5.42. The van der Waals surface area contributed by atoms with E-state index in [1.807, 2.05) is 38.1 Å². The van der Waals surface area contributed by atoms with E-state index in [-0.39, 0.29) is 11.2 Å². The van der Waals surface area contributed by atoms with E-state index in [0.29, 0.717) is 34.8 Å². The maximum absolute atomic E-state index is 13.1. The van der Waals surface area contributed by atoms with Crippen LogP contribution in [0.2, 0.25) is 5.02 Å². The van der Waals surface area contributed by atoms with Gasteiger partial charge in [0.2, 0.25) is 5.78 Å². The molecule has 0 amide bonds. The zero-order valence-corrected chi connectivity index (χ0v) is 15.9. The van der Waals surface area contributed by atoms with E-state index in [1.54, 1.807) is 22.8 Å². The fourth-order valence-electron chi connectivity index (χ4n) is 3.37. The van der Waals surface area contributed by atoms with Crippen LogP contribution in [0.5, 0.6) is 0 Å². The van der Waals surface area contributed by atoms with E-state index in [0.717, 1.165) is 17.5 Å². The summed E-state index contributed by atoms with van der Waals surface area (Å²) >= 11 is 6.13. The van der Waals surface area contributed by atoms with Gasteiger partial charge in [-0.2, -0.15) is 0 Å². The number of nitrogens with zero attached hydrogens (tertiary/aromatic N) is 4. The molecular weight excluding hydrogens is 364 g/mol. The second kappa shape index (κ2) is 6.70. The molecule has 0 atom stereocenters. The molecule has 0 radical (unpaired) electrons. The average Bonchev–Trinajstić information content (AvgIpc) is 2.97. The summed E-state index contributed by atoms with van der Waals surface area (Å²) in [6.07, 6.45) is 0.757. The summed E-state index contributed by atoms with van der Waals surface area (Å²) in [5.74, 6) is 0.343. The Bertz CT molecular complexity index is 1280. The average molecular weight is 383 g/mol. The molecule has 4 aromatic rings. The monoisotopic (exact) mass is 382 g/mol. The molecule has 27 heavy (non-hydrogen) atoms. The molecule has 138 valence electrons. The lowest BCUT2D eigenvalue weighted by molar-refractivity contribution is 0.638. The minimum atomic E-state index is -0.287. The van der Waals surface area contributed by atoms with Crippen LogP contribution in [-0.2, 0) is 13.1 Å². The maximum atomic E-state index is 13.1. The van der Waals surface area contributed by atoms with Gasteiger partial charge in [0.1, 0.15) is 0 Å². The van der Waals surface area contributed by atoms with Crippen LogP contribution in [0.1, 0.15) is 24.5 Å². The Hall–Kier alpha value is -2.86. The van der Waals surface area contributed by atoms with Crippen LogP contribution >= 0.6 is 11.6 Å². The van der Waals surface area contributed by atoms with Crippen molar-refractivity contribution in [2.24, 2.45) is 0 Å². The molecule has 4 rings (SSSR count). The van der Waals surface area contributed by atoms with E-state index in [2.05, 4.69) is 5.10 Å². The molecule has 7 heteroatoms. The zero-order valence-electron chi connectivity index (χ0n) is 15.1. The van der Waals surface area contributed by atoms with E-state index >= 15 is 0 Å². The Labute approximate surface area is 160 Å². The molecule has 0 fully saturated rings. The van der Waals surface area contributed by atoms with Gasteiger partial charge in [0.15, 0.2) is 0 Å². The van der Waals surface area contributed by atoms with Crippen molar-refractivity contribution in [2.75, 3.05) is 0 Å². The highest BCUT2D eigenvalue weighted by atomic mass is 35.5. The highest BCUT2D eigenvalue weighted by Gasteiger charge is 2.17. The van der Waals surface area contributed by atoms with Crippen molar-refractivity contribution in [3.8, 4) is 0 Å². The maximum Gasteiger partial charge on any atom is 0.352 e. The van der Waals surface area contributed by atoms with Gasteiger partial charge in [-0.1, -0.05) is 42.8 Å². The SMILES string of the molecule is CCCn1c(=O)c2ccc(Cl)cc2n2c(=O)n(Cc3ccccc3C)nc12. The van der Waals surface area contributed by atoms with Gasteiger partial charge >= 0.3 is 5.69 Å². The van der Waals surface area contributed by atoms with Crippen LogP contribution in [0.4, 0.5) is 0 Å². The fraction of sp³-hybridized carbons (Fsp3) is 0.250. The summed E-state index contributed by atoms with van der Waals surface area (Å²) in [6, 6.07) is 12.8. The number of aromatic nitrogens is 4. The van der Waals surface area contributed by atoms with Crippen molar-refractivity contribution >= 4 is 28.3 Å². The first kappa shape index (κ1) is 17.5. The molecule has 2 aromatic carbocycles. The Balaban J connectivity index is 2.06. The number of aryl methyl sites for hydroxylation is 2. The molecule has 2 heterocycles. The van der Waals surface area contributed by atoms with Crippen molar-refractivity contribution < 1.29 is 0 Å². The van der Waals surface area contributed by atoms with Crippen LogP contribution in [0.25, 0.3) is 16.7 Å². The Morgan fingerprint density at radius 3 is 2.63 bits per heavy atom. The lowest BCUT2D eigenvalue weighted by Crippen LogP contribution is -2.26. The van der Waals surface area contributed by atoms with Gasteiger partial charge in [0, 0.05) is 11.6 Å². The number of halogens is 1. The molecule has 0 spiro atoms. The van der Waals surface area contributed by atoms with Crippen molar-refractivity contribution in [3.05, 3.63) is 79.5 Å². The third-order valence-electron chi connectivity index (χ3n) is 4.77. The second-order valence-corrected chi connectivity index (χ2v) is 7.06. The van der Waals surface area contributed by atoms with Gasteiger partial charge in [-0.3, -0.25) is 9.36 Å². The summed E-state index contributed by atoms with van der Waals surface area (Å²) in [5.41, 5.74) is 2.13. The van der Waals surface area contributed by atoms with Crippen molar-refractivity contribution in [1.29, 1.82) is 0 Å². The number of fused-ring (bicyclic) bond motifs is 3. The normalized spacial score (nSPS) is 11.5. The molecule has 0 saturated heterocycles. The minimum absolute atomic E-state index is 0.163. The molecule has 0 bridgehead atoms. The Kier molecular flexibility index (Phi) is 4.36. The van der Waals surface area contributed by atoms with Crippen LogP contribution in [0, 0.1) is 6.92 Å². The van der Waals surface area contributed by atoms with Gasteiger partial charge in [-0.25, -0.2) is 13.9 Å².